The molecule has 0 amide bonds. The van der Waals surface area contributed by atoms with Crippen molar-refractivity contribution in [2.24, 2.45) is 11.7 Å². The standard InChI is InChI=1S/C15H23NO3/c1-18-13-7-6-11(8-14(13)19-2)12(9-16)15(17)10-4-3-5-10/h6-8,10,12,15,17H,3-5,9,16H2,1-2H3. The number of ether oxygens (including phenoxy) is 2. The Morgan fingerprint density at radius 2 is 1.95 bits per heavy atom. The summed E-state index contributed by atoms with van der Waals surface area (Å²) in [5.74, 6) is 1.73. The van der Waals surface area contributed by atoms with E-state index in [-0.39, 0.29) is 12.0 Å². The summed E-state index contributed by atoms with van der Waals surface area (Å²) in [6, 6.07) is 5.74. The first kappa shape index (κ1) is 14.2. The van der Waals surface area contributed by atoms with E-state index in [4.69, 9.17) is 15.2 Å². The van der Waals surface area contributed by atoms with Crippen LogP contribution in [0.3, 0.4) is 0 Å². The first-order chi connectivity index (χ1) is 9.21. The summed E-state index contributed by atoms with van der Waals surface area (Å²) in [6.07, 6.45) is 3.05. The molecule has 2 atom stereocenters. The van der Waals surface area contributed by atoms with E-state index in [1.807, 2.05) is 18.2 Å². The first-order valence-electron chi connectivity index (χ1n) is 6.81. The Morgan fingerprint density at radius 1 is 1.26 bits per heavy atom. The second-order valence-electron chi connectivity index (χ2n) is 5.14. The summed E-state index contributed by atoms with van der Waals surface area (Å²) in [7, 11) is 3.22. The quantitative estimate of drug-likeness (QED) is 0.824. The van der Waals surface area contributed by atoms with Crippen LogP contribution in [0, 0.1) is 5.92 Å². The number of methoxy groups -OCH3 is 2. The van der Waals surface area contributed by atoms with Gasteiger partial charge in [-0.15, -0.1) is 0 Å². The Balaban J connectivity index is 2.22. The molecule has 0 aliphatic heterocycles. The van der Waals surface area contributed by atoms with Crippen LogP contribution in [0.25, 0.3) is 0 Å². The average Bonchev–Trinajstić information content (AvgIpc) is 2.37. The molecule has 1 saturated carbocycles. The predicted octanol–water partition coefficient (Wildman–Crippen LogP) is 1.91. The van der Waals surface area contributed by atoms with Crippen molar-refractivity contribution in [3.05, 3.63) is 23.8 Å². The van der Waals surface area contributed by atoms with Crippen LogP contribution in [0.1, 0.15) is 30.7 Å². The second-order valence-corrected chi connectivity index (χ2v) is 5.14. The molecule has 0 saturated heterocycles. The molecule has 2 unspecified atom stereocenters. The van der Waals surface area contributed by atoms with E-state index in [1.165, 1.54) is 6.42 Å². The van der Waals surface area contributed by atoms with Gasteiger partial charge >= 0.3 is 0 Å². The smallest absolute Gasteiger partial charge is 0.160 e. The van der Waals surface area contributed by atoms with Gasteiger partial charge in [-0.1, -0.05) is 12.5 Å². The fraction of sp³-hybridized carbons (Fsp3) is 0.600. The van der Waals surface area contributed by atoms with Crippen LogP contribution in [-0.2, 0) is 0 Å². The SMILES string of the molecule is COc1ccc(C(CN)C(O)C2CCC2)cc1OC. The van der Waals surface area contributed by atoms with E-state index < -0.39 is 0 Å². The third kappa shape index (κ3) is 2.85. The minimum Gasteiger partial charge on any atom is -0.493 e. The monoisotopic (exact) mass is 265 g/mol. The molecule has 1 aliphatic rings. The van der Waals surface area contributed by atoms with Gasteiger partial charge in [0, 0.05) is 12.5 Å². The molecular formula is C15H23NO3. The van der Waals surface area contributed by atoms with Gasteiger partial charge in [0.05, 0.1) is 20.3 Å². The summed E-state index contributed by atoms with van der Waals surface area (Å²) >= 11 is 0. The summed E-state index contributed by atoms with van der Waals surface area (Å²) in [5, 5.41) is 10.4. The number of aliphatic hydroxyl groups excluding tert-OH is 1. The molecule has 2 rings (SSSR count). The third-order valence-electron chi connectivity index (χ3n) is 4.13. The number of rotatable bonds is 6. The summed E-state index contributed by atoms with van der Waals surface area (Å²) in [6.45, 7) is 0.438. The molecule has 0 radical (unpaired) electrons. The van der Waals surface area contributed by atoms with E-state index >= 15 is 0 Å². The fourth-order valence-electron chi connectivity index (χ4n) is 2.67. The highest BCUT2D eigenvalue weighted by molar-refractivity contribution is 5.44. The van der Waals surface area contributed by atoms with Crippen LogP contribution in [0.2, 0.25) is 0 Å². The molecule has 1 fully saturated rings. The van der Waals surface area contributed by atoms with Crippen molar-refractivity contribution in [3.8, 4) is 11.5 Å². The maximum Gasteiger partial charge on any atom is 0.160 e. The molecule has 4 heteroatoms. The summed E-state index contributed by atoms with van der Waals surface area (Å²) in [4.78, 5) is 0. The largest absolute Gasteiger partial charge is 0.493 e. The van der Waals surface area contributed by atoms with E-state index in [0.29, 0.717) is 24.0 Å². The number of hydrogen-bond donors (Lipinski definition) is 2. The Kier molecular flexibility index (Phi) is 4.66. The van der Waals surface area contributed by atoms with Crippen molar-refractivity contribution >= 4 is 0 Å². The van der Waals surface area contributed by atoms with E-state index in [1.54, 1.807) is 14.2 Å². The van der Waals surface area contributed by atoms with Gasteiger partial charge in [0.15, 0.2) is 11.5 Å². The highest BCUT2D eigenvalue weighted by Crippen LogP contribution is 2.38. The topological polar surface area (TPSA) is 64.7 Å². The molecule has 0 heterocycles. The van der Waals surface area contributed by atoms with Gasteiger partial charge in [0.1, 0.15) is 0 Å². The highest BCUT2D eigenvalue weighted by atomic mass is 16.5. The van der Waals surface area contributed by atoms with Crippen LogP contribution in [-0.4, -0.2) is 32.0 Å². The van der Waals surface area contributed by atoms with Crippen molar-refractivity contribution in [1.29, 1.82) is 0 Å². The normalized spacial score (nSPS) is 18.5. The minimum atomic E-state index is -0.364. The van der Waals surface area contributed by atoms with Crippen LogP contribution < -0.4 is 15.2 Å². The van der Waals surface area contributed by atoms with E-state index in [9.17, 15) is 5.11 Å². The first-order valence-corrected chi connectivity index (χ1v) is 6.81. The van der Waals surface area contributed by atoms with Crippen molar-refractivity contribution in [3.63, 3.8) is 0 Å². The van der Waals surface area contributed by atoms with Crippen molar-refractivity contribution in [1.82, 2.24) is 0 Å². The molecule has 1 aliphatic carbocycles. The summed E-state index contributed by atoms with van der Waals surface area (Å²) in [5.41, 5.74) is 6.87. The van der Waals surface area contributed by atoms with Gasteiger partial charge < -0.3 is 20.3 Å². The molecule has 1 aromatic rings. The van der Waals surface area contributed by atoms with Gasteiger partial charge in [0.2, 0.25) is 0 Å². The third-order valence-corrected chi connectivity index (χ3v) is 4.13. The van der Waals surface area contributed by atoms with Gasteiger partial charge in [-0.05, 0) is 36.5 Å². The summed E-state index contributed by atoms with van der Waals surface area (Å²) < 4.78 is 10.5. The zero-order valence-electron chi connectivity index (χ0n) is 11.6. The molecular weight excluding hydrogens is 242 g/mol. The molecule has 0 spiro atoms. The Labute approximate surface area is 114 Å². The van der Waals surface area contributed by atoms with Crippen LogP contribution in [0.4, 0.5) is 0 Å². The molecule has 0 aromatic heterocycles. The Bertz CT molecular complexity index is 418. The number of hydrogen-bond acceptors (Lipinski definition) is 4. The Hall–Kier alpha value is -1.26. The Morgan fingerprint density at radius 3 is 2.42 bits per heavy atom. The molecule has 3 N–H and O–H groups in total. The molecule has 19 heavy (non-hydrogen) atoms. The van der Waals surface area contributed by atoms with E-state index in [2.05, 4.69) is 0 Å². The number of nitrogens with two attached hydrogens (primary N) is 1. The molecule has 4 nitrogen and oxygen atoms in total. The molecule has 0 bridgehead atoms. The lowest BCUT2D eigenvalue weighted by Crippen LogP contribution is -2.35. The van der Waals surface area contributed by atoms with E-state index in [0.717, 1.165) is 18.4 Å². The van der Waals surface area contributed by atoms with Gasteiger partial charge in [-0.2, -0.15) is 0 Å². The zero-order chi connectivity index (χ0) is 13.8. The van der Waals surface area contributed by atoms with Gasteiger partial charge in [-0.25, -0.2) is 0 Å². The van der Waals surface area contributed by atoms with Crippen LogP contribution >= 0.6 is 0 Å². The number of aliphatic hydroxyl groups is 1. The zero-order valence-corrected chi connectivity index (χ0v) is 11.6. The minimum absolute atomic E-state index is 0.0369. The van der Waals surface area contributed by atoms with Crippen molar-refractivity contribution < 1.29 is 14.6 Å². The highest BCUT2D eigenvalue weighted by Gasteiger charge is 2.32. The lowest BCUT2D eigenvalue weighted by Gasteiger charge is -2.35. The molecule has 1 aromatic carbocycles. The van der Waals surface area contributed by atoms with Gasteiger partial charge in [0.25, 0.3) is 0 Å². The second kappa shape index (κ2) is 6.26. The van der Waals surface area contributed by atoms with Crippen molar-refractivity contribution in [2.45, 2.75) is 31.3 Å². The predicted molar refractivity (Wildman–Crippen MR) is 74.7 cm³/mol. The van der Waals surface area contributed by atoms with Gasteiger partial charge in [-0.3, -0.25) is 0 Å². The maximum atomic E-state index is 10.4. The molecule has 106 valence electrons. The van der Waals surface area contributed by atoms with Crippen LogP contribution in [0.15, 0.2) is 18.2 Å². The average molecular weight is 265 g/mol. The lowest BCUT2D eigenvalue weighted by atomic mass is 9.75. The van der Waals surface area contributed by atoms with Crippen LogP contribution in [0.5, 0.6) is 11.5 Å². The fourth-order valence-corrected chi connectivity index (χ4v) is 2.67. The lowest BCUT2D eigenvalue weighted by molar-refractivity contribution is 0.0419. The van der Waals surface area contributed by atoms with Crippen molar-refractivity contribution in [2.75, 3.05) is 20.8 Å². The number of benzene rings is 1. The maximum absolute atomic E-state index is 10.4.